The van der Waals surface area contributed by atoms with Crippen LogP contribution in [0.15, 0.2) is 24.4 Å². The predicted molar refractivity (Wildman–Crippen MR) is 96.7 cm³/mol. The van der Waals surface area contributed by atoms with Crippen LogP contribution in [0, 0.1) is 11.6 Å². The average Bonchev–Trinajstić information content (AvgIpc) is 3.42. The highest BCUT2D eigenvalue weighted by atomic mass is 19.1. The van der Waals surface area contributed by atoms with E-state index in [1.54, 1.807) is 0 Å². The van der Waals surface area contributed by atoms with E-state index < -0.39 is 0 Å². The molecule has 0 saturated heterocycles. The number of quaternary nitrogens is 1. The van der Waals surface area contributed by atoms with E-state index in [9.17, 15) is 8.78 Å². The Labute approximate surface area is 157 Å². The van der Waals surface area contributed by atoms with Gasteiger partial charge in [0.05, 0.1) is 11.7 Å². The molecular formula is C21H25F2N4+. The van der Waals surface area contributed by atoms with Crippen LogP contribution in [0.1, 0.15) is 66.6 Å². The maximum absolute atomic E-state index is 14.2. The number of benzene rings is 1. The Balaban J connectivity index is 1.28. The third-order valence-corrected chi connectivity index (χ3v) is 6.47. The molecule has 2 aromatic rings. The lowest BCUT2D eigenvalue weighted by Crippen LogP contribution is -2.66. The van der Waals surface area contributed by atoms with E-state index in [1.165, 1.54) is 42.3 Å². The minimum atomic E-state index is -0.374. The first-order valence-electron chi connectivity index (χ1n) is 9.95. The van der Waals surface area contributed by atoms with Crippen molar-refractivity contribution in [2.75, 3.05) is 0 Å². The first-order chi connectivity index (χ1) is 13.1. The van der Waals surface area contributed by atoms with Gasteiger partial charge in [-0.15, -0.1) is 0 Å². The van der Waals surface area contributed by atoms with Crippen molar-refractivity contribution in [3.05, 3.63) is 58.7 Å². The van der Waals surface area contributed by atoms with Crippen molar-refractivity contribution in [3.63, 3.8) is 0 Å². The Bertz CT molecular complexity index is 867. The van der Waals surface area contributed by atoms with Gasteiger partial charge in [0.2, 0.25) is 0 Å². The molecule has 1 aromatic heterocycles. The lowest BCUT2D eigenvalue weighted by Gasteiger charge is -2.36. The van der Waals surface area contributed by atoms with Gasteiger partial charge in [-0.2, -0.15) is 0 Å². The zero-order valence-electron chi connectivity index (χ0n) is 15.4. The summed E-state index contributed by atoms with van der Waals surface area (Å²) in [6.45, 7) is 1.75. The molecule has 3 aliphatic rings. The minimum absolute atomic E-state index is 0.0109. The third kappa shape index (κ3) is 3.25. The smallest absolute Gasteiger partial charge is 0.131 e. The molecule has 2 fully saturated rings. The first-order valence-corrected chi connectivity index (χ1v) is 9.95. The summed E-state index contributed by atoms with van der Waals surface area (Å²) in [4.78, 5) is 11.8. The van der Waals surface area contributed by atoms with Crippen LogP contribution in [0.5, 0.6) is 0 Å². The van der Waals surface area contributed by atoms with Crippen molar-refractivity contribution >= 4 is 0 Å². The Morgan fingerprint density at radius 1 is 1.07 bits per heavy atom. The zero-order valence-corrected chi connectivity index (χ0v) is 15.4. The van der Waals surface area contributed by atoms with Crippen LogP contribution < -0.4 is 5.73 Å². The summed E-state index contributed by atoms with van der Waals surface area (Å²) < 4.78 is 27.8. The van der Waals surface area contributed by atoms with Gasteiger partial charge in [0.15, 0.2) is 0 Å². The monoisotopic (exact) mass is 371 g/mol. The molecule has 4 nitrogen and oxygen atoms in total. The Kier molecular flexibility index (Phi) is 4.20. The van der Waals surface area contributed by atoms with Gasteiger partial charge in [0, 0.05) is 49.1 Å². The van der Waals surface area contributed by atoms with Crippen LogP contribution in [0.4, 0.5) is 8.78 Å². The van der Waals surface area contributed by atoms with Crippen LogP contribution in [-0.2, 0) is 13.1 Å². The molecule has 0 spiro atoms. The summed E-state index contributed by atoms with van der Waals surface area (Å²) in [6.07, 6.45) is 7.15. The molecular weight excluding hydrogens is 346 g/mol. The molecule has 0 amide bonds. The molecule has 3 N–H and O–H groups in total. The van der Waals surface area contributed by atoms with Gasteiger partial charge in [0.25, 0.3) is 0 Å². The van der Waals surface area contributed by atoms with Gasteiger partial charge < -0.3 is 5.73 Å². The quantitative estimate of drug-likeness (QED) is 0.903. The van der Waals surface area contributed by atoms with Crippen LogP contribution in [-0.4, -0.2) is 27.0 Å². The summed E-state index contributed by atoms with van der Waals surface area (Å²) in [5.41, 5.74) is 7.19. The second-order valence-corrected chi connectivity index (χ2v) is 8.38. The highest BCUT2D eigenvalue weighted by Gasteiger charge is 2.38. The molecule has 0 bridgehead atoms. The Morgan fingerprint density at radius 2 is 1.93 bits per heavy atom. The molecule has 142 valence electrons. The normalized spacial score (nSPS) is 28.3. The van der Waals surface area contributed by atoms with Crippen LogP contribution >= 0.6 is 0 Å². The lowest BCUT2D eigenvalue weighted by molar-refractivity contribution is -0.433. The van der Waals surface area contributed by atoms with Gasteiger partial charge in [-0.3, -0.25) is 4.90 Å². The van der Waals surface area contributed by atoms with Crippen molar-refractivity contribution in [2.24, 2.45) is 0 Å². The fourth-order valence-corrected chi connectivity index (χ4v) is 4.77. The highest BCUT2D eigenvalue weighted by molar-refractivity contribution is 5.26. The van der Waals surface area contributed by atoms with Gasteiger partial charge in [0.1, 0.15) is 17.5 Å². The summed E-state index contributed by atoms with van der Waals surface area (Å²) in [5.74, 6) is 0.884. The molecule has 3 unspecified atom stereocenters. The number of hydrogen-bond acceptors (Lipinski definition) is 3. The van der Waals surface area contributed by atoms with E-state index in [0.717, 1.165) is 38.2 Å². The number of halogens is 2. The van der Waals surface area contributed by atoms with E-state index in [0.29, 0.717) is 17.5 Å². The SMILES string of the molecule is [NH3+]C1CC(N2Cc3cnc(C4CC4)nc3C2)CCC1c1cc(F)ccc1F. The maximum atomic E-state index is 14.2. The number of hydrogen-bond donors (Lipinski definition) is 1. The van der Waals surface area contributed by atoms with Crippen molar-refractivity contribution in [1.82, 2.24) is 14.9 Å². The van der Waals surface area contributed by atoms with Crippen molar-refractivity contribution in [2.45, 2.75) is 69.1 Å². The number of fused-ring (bicyclic) bond motifs is 1. The summed E-state index contributed by atoms with van der Waals surface area (Å²) in [7, 11) is 0. The molecule has 2 aliphatic carbocycles. The standard InChI is InChI=1S/C21H24F2N4/c22-14-3-6-18(23)17(7-14)16-5-4-15(8-19(16)24)27-10-13-9-25-21(12-1-2-12)26-20(13)11-27/h3,6-7,9,12,15-16,19H,1-2,4-5,8,10-11,24H2/p+1. The van der Waals surface area contributed by atoms with E-state index >= 15 is 0 Å². The van der Waals surface area contributed by atoms with E-state index in [1.807, 2.05) is 6.20 Å². The molecule has 5 rings (SSSR count). The molecule has 1 aromatic carbocycles. The zero-order chi connectivity index (χ0) is 18.5. The first kappa shape index (κ1) is 17.2. The summed E-state index contributed by atoms with van der Waals surface area (Å²) in [6, 6.07) is 4.26. The minimum Gasteiger partial charge on any atom is -0.355 e. The van der Waals surface area contributed by atoms with Crippen molar-refractivity contribution in [1.29, 1.82) is 0 Å². The predicted octanol–water partition coefficient (Wildman–Crippen LogP) is 2.89. The molecule has 3 atom stereocenters. The summed E-state index contributed by atoms with van der Waals surface area (Å²) >= 11 is 0. The Hall–Kier alpha value is -1.92. The Morgan fingerprint density at radius 3 is 2.70 bits per heavy atom. The van der Waals surface area contributed by atoms with E-state index in [2.05, 4.69) is 15.6 Å². The van der Waals surface area contributed by atoms with Gasteiger partial charge in [-0.25, -0.2) is 18.7 Å². The third-order valence-electron chi connectivity index (χ3n) is 6.47. The molecule has 0 radical (unpaired) electrons. The number of aromatic nitrogens is 2. The molecule has 1 aliphatic heterocycles. The van der Waals surface area contributed by atoms with E-state index in [4.69, 9.17) is 4.98 Å². The van der Waals surface area contributed by atoms with Crippen molar-refractivity contribution < 1.29 is 14.5 Å². The fraction of sp³-hybridized carbons (Fsp3) is 0.524. The fourth-order valence-electron chi connectivity index (χ4n) is 4.77. The van der Waals surface area contributed by atoms with Gasteiger partial charge in [-0.1, -0.05) is 0 Å². The lowest BCUT2D eigenvalue weighted by atomic mass is 9.77. The molecule has 6 heteroatoms. The van der Waals surface area contributed by atoms with E-state index in [-0.39, 0.29) is 23.6 Å². The highest BCUT2D eigenvalue weighted by Crippen LogP contribution is 2.40. The average molecular weight is 371 g/mol. The topological polar surface area (TPSA) is 56.7 Å². The van der Waals surface area contributed by atoms with Crippen LogP contribution in [0.2, 0.25) is 0 Å². The second kappa shape index (κ2) is 6.60. The molecule has 2 heterocycles. The number of nitrogens with zero attached hydrogens (tertiary/aromatic N) is 3. The molecule has 27 heavy (non-hydrogen) atoms. The van der Waals surface area contributed by atoms with Crippen molar-refractivity contribution in [3.8, 4) is 0 Å². The maximum Gasteiger partial charge on any atom is 0.131 e. The van der Waals surface area contributed by atoms with Gasteiger partial charge >= 0.3 is 0 Å². The number of rotatable bonds is 3. The second-order valence-electron chi connectivity index (χ2n) is 8.38. The van der Waals surface area contributed by atoms with Crippen LogP contribution in [0.25, 0.3) is 0 Å². The molecule has 2 saturated carbocycles. The largest absolute Gasteiger partial charge is 0.355 e. The van der Waals surface area contributed by atoms with Gasteiger partial charge in [-0.05, 0) is 49.4 Å². The van der Waals surface area contributed by atoms with Crippen LogP contribution in [0.3, 0.4) is 0 Å². The summed E-state index contributed by atoms with van der Waals surface area (Å²) in [5, 5.41) is 0.